The summed E-state index contributed by atoms with van der Waals surface area (Å²) in [6.07, 6.45) is 3.21. The minimum absolute atomic E-state index is 0.166. The second kappa shape index (κ2) is 6.42. The van der Waals surface area contributed by atoms with E-state index >= 15 is 0 Å². The van der Waals surface area contributed by atoms with Crippen LogP contribution in [0.5, 0.6) is 0 Å². The molecule has 1 atom stereocenters. The summed E-state index contributed by atoms with van der Waals surface area (Å²) in [6, 6.07) is 1.27. The van der Waals surface area contributed by atoms with E-state index in [9.17, 15) is 14.9 Å². The van der Waals surface area contributed by atoms with E-state index in [0.717, 1.165) is 32.1 Å². The highest BCUT2D eigenvalue weighted by Gasteiger charge is 2.17. The molecule has 2 heterocycles. The van der Waals surface area contributed by atoms with Crippen LogP contribution in [0.3, 0.4) is 0 Å². The fourth-order valence-electron chi connectivity index (χ4n) is 2.30. The molecule has 0 radical (unpaired) electrons. The van der Waals surface area contributed by atoms with Gasteiger partial charge in [-0.1, -0.05) is 0 Å². The lowest BCUT2D eigenvalue weighted by Crippen LogP contribution is -2.27. The van der Waals surface area contributed by atoms with Crippen molar-refractivity contribution in [2.24, 2.45) is 5.92 Å². The number of aryl methyl sites for hydroxylation is 1. The summed E-state index contributed by atoms with van der Waals surface area (Å²) in [5.74, 6) is 0.296. The zero-order valence-corrected chi connectivity index (χ0v) is 11.4. The van der Waals surface area contributed by atoms with Gasteiger partial charge in [-0.05, 0) is 38.8 Å². The first kappa shape index (κ1) is 14.4. The summed E-state index contributed by atoms with van der Waals surface area (Å²) >= 11 is 0. The number of nitrogens with zero attached hydrogens (tertiary/aromatic N) is 2. The van der Waals surface area contributed by atoms with Crippen molar-refractivity contribution in [1.82, 2.24) is 15.6 Å². The first-order valence-corrected chi connectivity index (χ1v) is 6.68. The predicted molar refractivity (Wildman–Crippen MR) is 73.6 cm³/mol. The minimum Gasteiger partial charge on any atom is -0.352 e. The zero-order valence-electron chi connectivity index (χ0n) is 11.4. The van der Waals surface area contributed by atoms with E-state index in [1.807, 2.05) is 0 Å². The lowest BCUT2D eigenvalue weighted by Gasteiger charge is -2.10. The van der Waals surface area contributed by atoms with Crippen LogP contribution >= 0.6 is 0 Å². The molecule has 1 saturated heterocycles. The standard InChI is InChI=1S/C13H18N4O3/c1-9-12(6-11(8-16-9)17(19)20)13(18)15-5-3-10-2-4-14-7-10/h6,8,10,14H,2-5,7H2,1H3,(H,15,18). The van der Waals surface area contributed by atoms with Gasteiger partial charge in [0.05, 0.1) is 16.2 Å². The summed E-state index contributed by atoms with van der Waals surface area (Å²) < 4.78 is 0. The fraction of sp³-hybridized carbons (Fsp3) is 0.538. The summed E-state index contributed by atoms with van der Waals surface area (Å²) in [5, 5.41) is 16.8. The van der Waals surface area contributed by atoms with Gasteiger partial charge in [-0.2, -0.15) is 0 Å². The summed E-state index contributed by atoms with van der Waals surface area (Å²) in [5.41, 5.74) is 0.597. The van der Waals surface area contributed by atoms with Gasteiger partial charge in [0.15, 0.2) is 0 Å². The number of rotatable bonds is 5. The smallest absolute Gasteiger partial charge is 0.288 e. The van der Waals surface area contributed by atoms with Crippen LogP contribution in [0, 0.1) is 23.0 Å². The molecule has 1 aliphatic rings. The number of carbonyl (C=O) groups is 1. The number of amides is 1. The van der Waals surface area contributed by atoms with E-state index in [0.29, 0.717) is 18.2 Å². The Morgan fingerprint density at radius 1 is 1.65 bits per heavy atom. The lowest BCUT2D eigenvalue weighted by molar-refractivity contribution is -0.385. The van der Waals surface area contributed by atoms with Crippen LogP contribution in [0.1, 0.15) is 28.9 Å². The molecule has 0 saturated carbocycles. The van der Waals surface area contributed by atoms with Crippen molar-refractivity contribution < 1.29 is 9.72 Å². The van der Waals surface area contributed by atoms with Gasteiger partial charge in [-0.3, -0.25) is 19.9 Å². The normalized spacial score (nSPS) is 17.9. The van der Waals surface area contributed by atoms with E-state index < -0.39 is 4.92 Å². The quantitative estimate of drug-likeness (QED) is 0.619. The van der Waals surface area contributed by atoms with Gasteiger partial charge < -0.3 is 10.6 Å². The van der Waals surface area contributed by atoms with E-state index in [4.69, 9.17) is 0 Å². The van der Waals surface area contributed by atoms with E-state index in [-0.39, 0.29) is 17.2 Å². The molecule has 0 spiro atoms. The number of hydrogen-bond donors (Lipinski definition) is 2. The van der Waals surface area contributed by atoms with Crippen molar-refractivity contribution in [3.05, 3.63) is 33.6 Å². The molecular weight excluding hydrogens is 260 g/mol. The van der Waals surface area contributed by atoms with Gasteiger partial charge in [0.1, 0.15) is 6.20 Å². The van der Waals surface area contributed by atoms with Gasteiger partial charge in [-0.15, -0.1) is 0 Å². The van der Waals surface area contributed by atoms with E-state index in [1.54, 1.807) is 6.92 Å². The molecule has 108 valence electrons. The number of aromatic nitrogens is 1. The van der Waals surface area contributed by atoms with Crippen molar-refractivity contribution in [3.63, 3.8) is 0 Å². The average molecular weight is 278 g/mol. The Bertz CT molecular complexity index is 512. The third-order valence-electron chi connectivity index (χ3n) is 3.53. The third-order valence-corrected chi connectivity index (χ3v) is 3.53. The van der Waals surface area contributed by atoms with Crippen LogP contribution in [0.15, 0.2) is 12.3 Å². The van der Waals surface area contributed by atoms with Crippen molar-refractivity contribution >= 4 is 11.6 Å². The first-order chi connectivity index (χ1) is 9.58. The number of nitro groups is 1. The lowest BCUT2D eigenvalue weighted by atomic mass is 10.1. The first-order valence-electron chi connectivity index (χ1n) is 6.68. The van der Waals surface area contributed by atoms with Gasteiger partial charge in [0.2, 0.25) is 0 Å². The van der Waals surface area contributed by atoms with Crippen LogP contribution < -0.4 is 10.6 Å². The molecule has 1 unspecified atom stereocenters. The van der Waals surface area contributed by atoms with Crippen molar-refractivity contribution in [1.29, 1.82) is 0 Å². The van der Waals surface area contributed by atoms with Crippen LogP contribution in [-0.4, -0.2) is 35.4 Å². The van der Waals surface area contributed by atoms with Gasteiger partial charge in [0, 0.05) is 12.6 Å². The molecule has 1 amide bonds. The molecule has 1 fully saturated rings. The maximum atomic E-state index is 12.0. The summed E-state index contributed by atoms with van der Waals surface area (Å²) in [6.45, 7) is 4.27. The van der Waals surface area contributed by atoms with Gasteiger partial charge >= 0.3 is 0 Å². The molecule has 0 bridgehead atoms. The number of nitrogens with one attached hydrogen (secondary N) is 2. The van der Waals surface area contributed by atoms with Crippen LogP contribution in [-0.2, 0) is 0 Å². The Kier molecular flexibility index (Phi) is 4.62. The van der Waals surface area contributed by atoms with E-state index in [1.165, 1.54) is 6.07 Å². The maximum absolute atomic E-state index is 12.0. The van der Waals surface area contributed by atoms with Crippen LogP contribution in [0.2, 0.25) is 0 Å². The Morgan fingerprint density at radius 3 is 3.10 bits per heavy atom. The van der Waals surface area contributed by atoms with E-state index in [2.05, 4.69) is 15.6 Å². The highest BCUT2D eigenvalue weighted by atomic mass is 16.6. The number of carbonyl (C=O) groups excluding carboxylic acids is 1. The monoisotopic (exact) mass is 278 g/mol. The number of hydrogen-bond acceptors (Lipinski definition) is 5. The van der Waals surface area contributed by atoms with Crippen LogP contribution in [0.4, 0.5) is 5.69 Å². The molecule has 2 N–H and O–H groups in total. The zero-order chi connectivity index (χ0) is 14.5. The molecule has 20 heavy (non-hydrogen) atoms. The molecule has 7 heteroatoms. The second-order valence-corrected chi connectivity index (χ2v) is 4.99. The van der Waals surface area contributed by atoms with Gasteiger partial charge in [-0.25, -0.2) is 0 Å². The highest BCUT2D eigenvalue weighted by molar-refractivity contribution is 5.95. The molecule has 1 aromatic heterocycles. The largest absolute Gasteiger partial charge is 0.352 e. The Hall–Kier alpha value is -2.02. The second-order valence-electron chi connectivity index (χ2n) is 4.99. The average Bonchev–Trinajstić information content (AvgIpc) is 2.92. The predicted octanol–water partition coefficient (Wildman–Crippen LogP) is 1.03. The molecule has 1 aromatic rings. The number of pyridine rings is 1. The van der Waals surface area contributed by atoms with Crippen molar-refractivity contribution in [3.8, 4) is 0 Å². The molecular formula is C13H18N4O3. The minimum atomic E-state index is -0.548. The highest BCUT2D eigenvalue weighted by Crippen LogP contribution is 2.15. The molecule has 0 aromatic carbocycles. The maximum Gasteiger partial charge on any atom is 0.288 e. The van der Waals surface area contributed by atoms with Crippen LogP contribution in [0.25, 0.3) is 0 Å². The fourth-order valence-corrected chi connectivity index (χ4v) is 2.30. The third kappa shape index (κ3) is 3.51. The van der Waals surface area contributed by atoms with Crippen molar-refractivity contribution in [2.75, 3.05) is 19.6 Å². The molecule has 2 rings (SSSR count). The molecule has 0 aliphatic carbocycles. The summed E-state index contributed by atoms with van der Waals surface area (Å²) in [7, 11) is 0. The molecule has 1 aliphatic heterocycles. The topological polar surface area (TPSA) is 97.2 Å². The Labute approximate surface area is 116 Å². The van der Waals surface area contributed by atoms with Gasteiger partial charge in [0.25, 0.3) is 11.6 Å². The molecule has 7 nitrogen and oxygen atoms in total. The SMILES string of the molecule is Cc1ncc([N+](=O)[O-])cc1C(=O)NCCC1CCNC1. The van der Waals surface area contributed by atoms with Crippen molar-refractivity contribution in [2.45, 2.75) is 19.8 Å². The summed E-state index contributed by atoms with van der Waals surface area (Å²) in [4.78, 5) is 26.1. The Balaban J connectivity index is 1.94. The Morgan fingerprint density at radius 2 is 2.45 bits per heavy atom.